The lowest BCUT2D eigenvalue weighted by atomic mass is 10.2. The molecule has 0 aliphatic heterocycles. The van der Waals surface area contributed by atoms with Gasteiger partial charge < -0.3 is 35.2 Å². The minimum atomic E-state index is -0.310. The summed E-state index contributed by atoms with van der Waals surface area (Å²) < 4.78 is 26.3. The predicted molar refractivity (Wildman–Crippen MR) is 188 cm³/mol. The third-order valence-corrected chi connectivity index (χ3v) is 6.81. The van der Waals surface area contributed by atoms with Crippen molar-refractivity contribution in [3.05, 3.63) is 97.1 Å². The normalized spacial score (nSPS) is 9.90. The first-order chi connectivity index (χ1) is 24.3. The lowest BCUT2D eigenvalue weighted by molar-refractivity contribution is -0.135. The van der Waals surface area contributed by atoms with Crippen molar-refractivity contribution in [2.45, 2.75) is 51.4 Å². The first kappa shape index (κ1) is 38.1. The van der Waals surface area contributed by atoms with Crippen LogP contribution in [0.25, 0.3) is 0 Å². The molecule has 12 heteroatoms. The Morgan fingerprint density at radius 3 is 1.40 bits per heavy atom. The van der Waals surface area contributed by atoms with E-state index in [0.717, 1.165) is 43.5 Å². The number of carbonyl (C=O) groups excluding carboxylic acids is 3. The Morgan fingerprint density at radius 1 is 0.560 bits per heavy atom. The number of anilines is 2. The zero-order valence-electron chi connectivity index (χ0n) is 27.6. The minimum Gasteiger partial charge on any atom is -0.494 e. The van der Waals surface area contributed by atoms with E-state index in [0.29, 0.717) is 66.8 Å². The monoisotopic (exact) mass is 680 g/mol. The van der Waals surface area contributed by atoms with E-state index in [4.69, 9.17) is 35.7 Å². The van der Waals surface area contributed by atoms with Gasteiger partial charge in [0.2, 0.25) is 6.08 Å². The molecule has 12 nitrogen and oxygen atoms in total. The first-order valence-electron chi connectivity index (χ1n) is 16.1. The maximum Gasteiger partial charge on any atom is 0.311 e. The van der Waals surface area contributed by atoms with Gasteiger partial charge in [-0.05, 0) is 136 Å². The lowest BCUT2D eigenvalue weighted by Crippen LogP contribution is -2.07. The van der Waals surface area contributed by atoms with Crippen molar-refractivity contribution >= 4 is 35.1 Å². The zero-order chi connectivity index (χ0) is 35.8. The van der Waals surface area contributed by atoms with Crippen LogP contribution in [0.15, 0.2) is 102 Å². The number of hydrogen-bond acceptors (Lipinski definition) is 12. The van der Waals surface area contributed by atoms with Crippen molar-refractivity contribution in [3.8, 4) is 35.0 Å². The number of ether oxygens (including phenoxy) is 5. The molecule has 0 aliphatic rings. The van der Waals surface area contributed by atoms with Gasteiger partial charge in [-0.1, -0.05) is 0 Å². The molecule has 0 aromatic heterocycles. The van der Waals surface area contributed by atoms with E-state index < -0.39 is 0 Å². The highest BCUT2D eigenvalue weighted by atomic mass is 16.5. The van der Waals surface area contributed by atoms with E-state index in [2.05, 4.69) is 9.73 Å². The molecule has 4 aromatic rings. The van der Waals surface area contributed by atoms with Crippen LogP contribution in [0.5, 0.6) is 28.7 Å². The van der Waals surface area contributed by atoms with Gasteiger partial charge in [-0.2, -0.15) is 4.99 Å². The number of aliphatic imine (C=N–C) groups is 1. The fraction of sp³-hybridized carbons (Fsp3) is 0.263. The van der Waals surface area contributed by atoms with E-state index in [1.165, 1.54) is 6.08 Å². The predicted octanol–water partition coefficient (Wildman–Crippen LogP) is 7.45. The molecule has 4 aromatic carbocycles. The third kappa shape index (κ3) is 16.0. The number of hydrogen-bond donors (Lipinski definition) is 2. The Morgan fingerprint density at radius 2 is 0.960 bits per heavy atom. The van der Waals surface area contributed by atoms with Gasteiger partial charge in [0.25, 0.3) is 6.26 Å². The summed E-state index contributed by atoms with van der Waals surface area (Å²) in [4.78, 5) is 37.1. The van der Waals surface area contributed by atoms with Gasteiger partial charge >= 0.3 is 11.9 Å². The molecular formula is C38H40N4O8. The minimum absolute atomic E-state index is 0.228. The van der Waals surface area contributed by atoms with Gasteiger partial charge in [0.05, 0.1) is 18.9 Å². The molecule has 0 saturated heterocycles. The summed E-state index contributed by atoms with van der Waals surface area (Å²) >= 11 is 0. The number of nitriles is 1. The van der Waals surface area contributed by atoms with Crippen molar-refractivity contribution in [2.75, 3.05) is 24.7 Å². The van der Waals surface area contributed by atoms with Crippen LogP contribution in [0.4, 0.5) is 17.1 Å². The Hall–Kier alpha value is -6.31. The van der Waals surface area contributed by atoms with E-state index >= 15 is 0 Å². The van der Waals surface area contributed by atoms with Gasteiger partial charge in [0.1, 0.15) is 28.7 Å². The highest BCUT2D eigenvalue weighted by Gasteiger charge is 2.06. The van der Waals surface area contributed by atoms with Crippen LogP contribution in [0.3, 0.4) is 0 Å². The molecule has 0 fully saturated rings. The molecule has 0 unspecified atom stereocenters. The maximum absolute atomic E-state index is 11.8. The highest BCUT2D eigenvalue weighted by molar-refractivity contribution is 5.73. The topological polar surface area (TPSA) is 186 Å². The molecule has 0 saturated carbocycles. The molecule has 50 heavy (non-hydrogen) atoms. The third-order valence-electron chi connectivity index (χ3n) is 6.81. The van der Waals surface area contributed by atoms with E-state index in [9.17, 15) is 14.4 Å². The largest absolute Gasteiger partial charge is 0.494 e. The average Bonchev–Trinajstić information content (AvgIpc) is 3.12. The van der Waals surface area contributed by atoms with Gasteiger partial charge in [0, 0.05) is 24.2 Å². The van der Waals surface area contributed by atoms with Crippen LogP contribution in [-0.4, -0.2) is 31.2 Å². The maximum atomic E-state index is 11.8. The second-order valence-corrected chi connectivity index (χ2v) is 10.8. The molecule has 0 amide bonds. The summed E-state index contributed by atoms with van der Waals surface area (Å²) in [6.07, 6.45) is 8.67. The van der Waals surface area contributed by atoms with E-state index in [1.807, 2.05) is 24.3 Å². The number of unbranched alkanes of at least 4 members (excludes halogenated alkanes) is 4. The molecule has 0 spiro atoms. The standard InChI is InChI=1S/C20H18N2O5.C18H22N2O3/c21-14-26-18-11-9-17(10-12-18)25-13-3-1-2-4-20(24)27-19-7-5-16(6-8-19)22-15-23;19-14-5-9-16(10-6-14)22-13-3-1-2-4-18(21)23-17-11-7-15(20)8-12-17/h5-12H,1-4,13H2;5-12H,1-4,13,19-20H2. The average molecular weight is 681 g/mol. The van der Waals surface area contributed by atoms with Crippen molar-refractivity contribution in [2.24, 2.45) is 4.99 Å². The van der Waals surface area contributed by atoms with Crippen LogP contribution in [0.2, 0.25) is 0 Å². The van der Waals surface area contributed by atoms with Gasteiger partial charge in [-0.3, -0.25) is 9.59 Å². The van der Waals surface area contributed by atoms with Crippen LogP contribution in [-0.2, 0) is 14.4 Å². The second kappa shape index (κ2) is 22.3. The summed E-state index contributed by atoms with van der Waals surface area (Å²) in [5.74, 6) is 2.37. The van der Waals surface area contributed by atoms with Crippen molar-refractivity contribution in [1.82, 2.24) is 0 Å². The molecule has 260 valence electrons. The number of nitrogens with two attached hydrogens (primary N) is 2. The van der Waals surface area contributed by atoms with Gasteiger partial charge in [0.15, 0.2) is 0 Å². The fourth-order valence-corrected chi connectivity index (χ4v) is 4.24. The molecule has 0 heterocycles. The van der Waals surface area contributed by atoms with E-state index in [1.54, 1.807) is 79.1 Å². The number of benzene rings is 4. The fourth-order valence-electron chi connectivity index (χ4n) is 4.24. The Bertz CT molecular complexity index is 1680. The number of isocyanates is 1. The summed E-state index contributed by atoms with van der Waals surface area (Å²) in [6.45, 7) is 1.16. The number of rotatable bonds is 18. The smallest absolute Gasteiger partial charge is 0.311 e. The quantitative estimate of drug-likeness (QED) is 0.0202. The molecule has 0 aliphatic carbocycles. The molecule has 0 bridgehead atoms. The Labute approximate surface area is 291 Å². The second-order valence-electron chi connectivity index (χ2n) is 10.8. The molecule has 4 N–H and O–H groups in total. The van der Waals surface area contributed by atoms with Gasteiger partial charge in [-0.15, -0.1) is 5.26 Å². The van der Waals surface area contributed by atoms with Crippen molar-refractivity contribution in [3.63, 3.8) is 0 Å². The molecule has 4 rings (SSSR count). The van der Waals surface area contributed by atoms with Crippen LogP contribution < -0.4 is 35.2 Å². The number of nitrogens with zero attached hydrogens (tertiary/aromatic N) is 2. The number of carbonyl (C=O) groups is 2. The lowest BCUT2D eigenvalue weighted by Gasteiger charge is -2.07. The van der Waals surface area contributed by atoms with Crippen LogP contribution in [0, 0.1) is 11.5 Å². The molecule has 0 radical (unpaired) electrons. The number of nitrogen functional groups attached to an aromatic ring is 2. The molecule has 0 atom stereocenters. The molecular weight excluding hydrogens is 640 g/mol. The van der Waals surface area contributed by atoms with Gasteiger partial charge in [-0.25, -0.2) is 4.79 Å². The zero-order valence-corrected chi connectivity index (χ0v) is 27.6. The summed E-state index contributed by atoms with van der Waals surface area (Å²) in [7, 11) is 0. The van der Waals surface area contributed by atoms with Crippen LogP contribution >= 0.6 is 0 Å². The Balaban J connectivity index is 0.000000274. The number of esters is 2. The van der Waals surface area contributed by atoms with Crippen molar-refractivity contribution in [1.29, 1.82) is 5.26 Å². The highest BCUT2D eigenvalue weighted by Crippen LogP contribution is 2.20. The first-order valence-corrected chi connectivity index (χ1v) is 16.1. The van der Waals surface area contributed by atoms with Crippen molar-refractivity contribution < 1.29 is 38.1 Å². The summed E-state index contributed by atoms with van der Waals surface area (Å²) in [6, 6.07) is 27.2. The SMILES string of the molecule is N#COc1ccc(OCCCCCC(=O)Oc2ccc(N=C=O)cc2)cc1.Nc1ccc(OCCCCCC(=O)Oc2ccc(N)cc2)cc1. The summed E-state index contributed by atoms with van der Waals surface area (Å²) in [5.41, 5.74) is 13.0. The van der Waals surface area contributed by atoms with Crippen LogP contribution in [0.1, 0.15) is 51.4 Å². The summed E-state index contributed by atoms with van der Waals surface area (Å²) in [5, 5.41) is 8.41. The van der Waals surface area contributed by atoms with E-state index in [-0.39, 0.29) is 11.9 Å². The Kier molecular flexibility index (Phi) is 17.0.